The van der Waals surface area contributed by atoms with Crippen molar-refractivity contribution in [2.45, 2.75) is 216 Å². The quantitative estimate of drug-likeness (QED) is 0.0290. The molecule has 0 saturated carbocycles. The van der Waals surface area contributed by atoms with Gasteiger partial charge in [-0.15, -0.1) is 0 Å². The highest BCUT2D eigenvalue weighted by Crippen LogP contribution is 2.26. The normalized spacial score (nSPS) is 28.4. The molecule has 0 bridgehead atoms. The highest BCUT2D eigenvalue weighted by Gasteiger charge is 2.47. The van der Waals surface area contributed by atoms with Crippen molar-refractivity contribution in [3.63, 3.8) is 0 Å². The Morgan fingerprint density at radius 3 is 1.56 bits per heavy atom. The van der Waals surface area contributed by atoms with E-state index >= 15 is 0 Å². The zero-order valence-corrected chi connectivity index (χ0v) is 34.6. The van der Waals surface area contributed by atoms with Gasteiger partial charge in [-0.05, 0) is 38.5 Å². The minimum absolute atomic E-state index is 0.158. The van der Waals surface area contributed by atoms with Gasteiger partial charge < -0.3 is 64.2 Å². The Balaban J connectivity index is 1.88. The summed E-state index contributed by atoms with van der Waals surface area (Å²) in [4.78, 5) is 25.5. The molecule has 2 heterocycles. The van der Waals surface area contributed by atoms with Crippen molar-refractivity contribution in [1.29, 1.82) is 0 Å². The van der Waals surface area contributed by atoms with E-state index in [1.54, 1.807) is 0 Å². The van der Waals surface area contributed by atoms with Gasteiger partial charge in [0.1, 0.15) is 55.4 Å². The van der Waals surface area contributed by atoms with E-state index in [0.29, 0.717) is 12.8 Å². The Hall–Kier alpha value is -1.76. The highest BCUT2D eigenvalue weighted by atomic mass is 16.7. The Morgan fingerprint density at radius 2 is 1.00 bits per heavy atom. The van der Waals surface area contributed by atoms with Crippen LogP contribution in [0, 0.1) is 0 Å². The number of allylic oxidation sites excluding steroid dienone is 2. The Kier molecular flexibility index (Phi) is 28.1. The number of carbonyl (C=O) groups excluding carboxylic acids is 2. The number of rotatable bonds is 32. The molecule has 15 nitrogen and oxygen atoms in total. The number of unbranched alkanes of at least 4 members (excludes halogenated alkanes) is 16. The van der Waals surface area contributed by atoms with E-state index in [2.05, 4.69) is 26.0 Å². The zero-order valence-electron chi connectivity index (χ0n) is 34.6. The summed E-state index contributed by atoms with van der Waals surface area (Å²) in [6, 6.07) is 0. The molecule has 0 aliphatic carbocycles. The maximum Gasteiger partial charge on any atom is 0.306 e. The standard InChI is InChI=1S/C42H76O15/c1-3-5-7-9-11-13-14-15-16-17-19-21-23-25-34(45)55-30(27-52-33(44)24-22-20-18-12-10-8-6-4-2)28-53-41-40(51)38(49)36(47)32(57-41)29-54-42-39(50)37(48)35(46)31(26-43)56-42/h13-14,30-32,35-43,46-51H,3-12,15-29H2,1-2H3/b14-13-. The van der Waals surface area contributed by atoms with Crippen LogP contribution >= 0.6 is 0 Å². The first-order valence-electron chi connectivity index (χ1n) is 21.8. The lowest BCUT2D eigenvalue weighted by molar-refractivity contribution is -0.332. The zero-order chi connectivity index (χ0) is 41.8. The van der Waals surface area contributed by atoms with Gasteiger partial charge in [0.25, 0.3) is 0 Å². The number of ether oxygens (including phenoxy) is 6. The summed E-state index contributed by atoms with van der Waals surface area (Å²) in [6.45, 7) is 2.50. The van der Waals surface area contributed by atoms with Crippen molar-refractivity contribution >= 4 is 11.9 Å². The molecular weight excluding hydrogens is 744 g/mol. The summed E-state index contributed by atoms with van der Waals surface area (Å²) in [5.41, 5.74) is 0. The average Bonchev–Trinajstić information content (AvgIpc) is 3.20. The minimum atomic E-state index is -1.76. The fourth-order valence-electron chi connectivity index (χ4n) is 6.80. The summed E-state index contributed by atoms with van der Waals surface area (Å²) in [7, 11) is 0. The van der Waals surface area contributed by atoms with Crippen molar-refractivity contribution in [3.8, 4) is 0 Å². The molecule has 2 fully saturated rings. The molecule has 2 aliphatic heterocycles. The summed E-state index contributed by atoms with van der Waals surface area (Å²) < 4.78 is 33.3. The molecule has 7 N–H and O–H groups in total. The van der Waals surface area contributed by atoms with Crippen molar-refractivity contribution in [2.24, 2.45) is 0 Å². The predicted octanol–water partition coefficient (Wildman–Crippen LogP) is 3.87. The van der Waals surface area contributed by atoms with Crippen molar-refractivity contribution < 1.29 is 73.8 Å². The van der Waals surface area contributed by atoms with Crippen LogP contribution in [-0.4, -0.2) is 142 Å². The summed E-state index contributed by atoms with van der Waals surface area (Å²) in [5, 5.41) is 71.7. The first kappa shape index (κ1) is 51.4. The van der Waals surface area contributed by atoms with E-state index in [0.717, 1.165) is 57.8 Å². The largest absolute Gasteiger partial charge is 0.462 e. The molecule has 11 unspecified atom stereocenters. The third-order valence-corrected chi connectivity index (χ3v) is 10.5. The molecular formula is C42H76O15. The van der Waals surface area contributed by atoms with E-state index in [9.17, 15) is 45.3 Å². The lowest BCUT2D eigenvalue weighted by Crippen LogP contribution is -2.61. The molecule has 0 aromatic rings. The van der Waals surface area contributed by atoms with Gasteiger partial charge in [-0.2, -0.15) is 0 Å². The van der Waals surface area contributed by atoms with Gasteiger partial charge in [-0.25, -0.2) is 0 Å². The molecule has 15 heteroatoms. The van der Waals surface area contributed by atoms with Gasteiger partial charge in [0.15, 0.2) is 18.7 Å². The molecule has 0 radical (unpaired) electrons. The van der Waals surface area contributed by atoms with Gasteiger partial charge in [-0.3, -0.25) is 9.59 Å². The fraction of sp³-hybridized carbons (Fsp3) is 0.905. The predicted molar refractivity (Wildman–Crippen MR) is 211 cm³/mol. The molecule has 57 heavy (non-hydrogen) atoms. The Bertz CT molecular complexity index is 1060. The minimum Gasteiger partial charge on any atom is -0.462 e. The molecule has 11 atom stereocenters. The number of esters is 2. The average molecular weight is 821 g/mol. The first-order chi connectivity index (χ1) is 27.5. The number of hydrogen-bond donors (Lipinski definition) is 7. The Morgan fingerprint density at radius 1 is 0.544 bits per heavy atom. The summed E-state index contributed by atoms with van der Waals surface area (Å²) in [5.74, 6) is -0.939. The third-order valence-electron chi connectivity index (χ3n) is 10.5. The van der Waals surface area contributed by atoms with E-state index in [-0.39, 0.29) is 26.1 Å². The molecule has 334 valence electrons. The molecule has 2 rings (SSSR count). The molecule has 0 spiro atoms. The molecule has 0 aromatic carbocycles. The van der Waals surface area contributed by atoms with E-state index < -0.39 is 92.7 Å². The number of carbonyl (C=O) groups is 2. The SMILES string of the molecule is CCCCCC/C=C\CCCCCCCC(=O)OC(COC(=O)CCCCCCCCCC)COC1OC(COC2OC(CO)C(O)C(O)C2O)C(O)C(O)C1O. The van der Waals surface area contributed by atoms with Crippen LogP contribution in [0.5, 0.6) is 0 Å². The maximum absolute atomic E-state index is 12.9. The van der Waals surface area contributed by atoms with Crippen LogP contribution in [0.15, 0.2) is 12.2 Å². The van der Waals surface area contributed by atoms with E-state index in [1.807, 2.05) is 0 Å². The van der Waals surface area contributed by atoms with Crippen molar-refractivity contribution in [3.05, 3.63) is 12.2 Å². The van der Waals surface area contributed by atoms with Gasteiger partial charge in [0.05, 0.1) is 19.8 Å². The Labute approximate surface area is 340 Å². The maximum atomic E-state index is 12.9. The lowest BCUT2D eigenvalue weighted by atomic mass is 9.98. The molecule has 0 amide bonds. The first-order valence-corrected chi connectivity index (χ1v) is 21.8. The van der Waals surface area contributed by atoms with Crippen LogP contribution in [0.4, 0.5) is 0 Å². The van der Waals surface area contributed by atoms with Gasteiger partial charge in [0.2, 0.25) is 0 Å². The smallest absolute Gasteiger partial charge is 0.306 e. The highest BCUT2D eigenvalue weighted by molar-refractivity contribution is 5.70. The van der Waals surface area contributed by atoms with Gasteiger partial charge in [-0.1, -0.05) is 109 Å². The van der Waals surface area contributed by atoms with Crippen LogP contribution in [0.2, 0.25) is 0 Å². The van der Waals surface area contributed by atoms with E-state index in [1.165, 1.54) is 51.4 Å². The molecule has 0 aromatic heterocycles. The number of aliphatic hydroxyl groups is 7. The van der Waals surface area contributed by atoms with Crippen LogP contribution in [-0.2, 0) is 38.0 Å². The van der Waals surface area contributed by atoms with Crippen LogP contribution < -0.4 is 0 Å². The third kappa shape index (κ3) is 20.9. The second-order valence-electron chi connectivity index (χ2n) is 15.5. The molecule has 2 aliphatic rings. The number of hydrogen-bond acceptors (Lipinski definition) is 15. The summed E-state index contributed by atoms with van der Waals surface area (Å²) >= 11 is 0. The van der Waals surface area contributed by atoms with Crippen LogP contribution in [0.1, 0.15) is 149 Å². The summed E-state index contributed by atoms with van der Waals surface area (Å²) in [6.07, 6.45) is 8.50. The fourth-order valence-corrected chi connectivity index (χ4v) is 6.80. The van der Waals surface area contributed by atoms with Gasteiger partial charge >= 0.3 is 11.9 Å². The van der Waals surface area contributed by atoms with Gasteiger partial charge in [0, 0.05) is 12.8 Å². The monoisotopic (exact) mass is 821 g/mol. The van der Waals surface area contributed by atoms with Crippen LogP contribution in [0.3, 0.4) is 0 Å². The molecule has 2 saturated heterocycles. The van der Waals surface area contributed by atoms with Crippen molar-refractivity contribution in [2.75, 3.05) is 26.4 Å². The second-order valence-corrected chi connectivity index (χ2v) is 15.5. The topological polar surface area (TPSA) is 231 Å². The van der Waals surface area contributed by atoms with Crippen molar-refractivity contribution in [1.82, 2.24) is 0 Å². The lowest BCUT2D eigenvalue weighted by Gasteiger charge is -2.42. The van der Waals surface area contributed by atoms with Crippen LogP contribution in [0.25, 0.3) is 0 Å². The second kappa shape index (κ2) is 31.2. The van der Waals surface area contributed by atoms with E-state index in [4.69, 9.17) is 28.4 Å². The number of aliphatic hydroxyl groups excluding tert-OH is 7.